The van der Waals surface area contributed by atoms with Crippen LogP contribution in [0.2, 0.25) is 0 Å². The summed E-state index contributed by atoms with van der Waals surface area (Å²) in [5.41, 5.74) is 6.01. The maximum Gasteiger partial charge on any atom is 0.412 e. The molecule has 68 valence electrons. The molecule has 1 amide bonds. The molecule has 1 rings (SSSR count). The maximum atomic E-state index is 11.0. The van der Waals surface area contributed by atoms with Gasteiger partial charge in [-0.25, -0.2) is 9.59 Å². The SMILES string of the molecule is Cc1ccc(C(=O)OC(N)=O)cc1. The molecule has 1 aromatic rings. The van der Waals surface area contributed by atoms with E-state index in [0.29, 0.717) is 5.56 Å². The molecule has 0 radical (unpaired) electrons. The van der Waals surface area contributed by atoms with E-state index in [2.05, 4.69) is 10.5 Å². The molecule has 0 aliphatic heterocycles. The standard InChI is InChI=1S/C9H9NO3/c1-6-2-4-7(5-3-6)8(11)13-9(10)12/h2-5H,1H3,(H2,10,12). The lowest BCUT2D eigenvalue weighted by Gasteiger charge is -1.99. The Morgan fingerprint density at radius 2 is 1.77 bits per heavy atom. The van der Waals surface area contributed by atoms with Gasteiger partial charge in [0, 0.05) is 0 Å². The second kappa shape index (κ2) is 3.71. The van der Waals surface area contributed by atoms with Crippen LogP contribution in [0.15, 0.2) is 24.3 Å². The molecule has 0 spiro atoms. The van der Waals surface area contributed by atoms with Gasteiger partial charge in [-0.3, -0.25) is 0 Å². The van der Waals surface area contributed by atoms with Crippen molar-refractivity contribution in [3.63, 3.8) is 0 Å². The number of nitrogens with two attached hydrogens (primary N) is 1. The van der Waals surface area contributed by atoms with Crippen molar-refractivity contribution in [2.24, 2.45) is 5.73 Å². The van der Waals surface area contributed by atoms with Crippen LogP contribution in [0.1, 0.15) is 15.9 Å². The van der Waals surface area contributed by atoms with Crippen molar-refractivity contribution in [2.75, 3.05) is 0 Å². The average molecular weight is 179 g/mol. The highest BCUT2D eigenvalue weighted by atomic mass is 16.6. The number of carbonyl (C=O) groups excluding carboxylic acids is 2. The molecule has 13 heavy (non-hydrogen) atoms. The molecule has 0 aliphatic carbocycles. The van der Waals surface area contributed by atoms with Crippen LogP contribution >= 0.6 is 0 Å². The smallest absolute Gasteiger partial charge is 0.373 e. The number of benzene rings is 1. The van der Waals surface area contributed by atoms with Crippen LogP contribution in [-0.2, 0) is 4.74 Å². The maximum absolute atomic E-state index is 11.0. The molecule has 0 saturated heterocycles. The van der Waals surface area contributed by atoms with Crippen LogP contribution in [0, 0.1) is 6.92 Å². The summed E-state index contributed by atoms with van der Waals surface area (Å²) in [6, 6.07) is 6.64. The van der Waals surface area contributed by atoms with E-state index in [1.807, 2.05) is 6.92 Å². The number of amides is 1. The third-order valence-corrected chi connectivity index (χ3v) is 1.48. The van der Waals surface area contributed by atoms with Crippen LogP contribution in [-0.4, -0.2) is 12.1 Å². The first-order valence-electron chi connectivity index (χ1n) is 3.68. The first-order chi connectivity index (χ1) is 6.09. The molecule has 0 aromatic heterocycles. The zero-order valence-corrected chi connectivity index (χ0v) is 7.11. The Morgan fingerprint density at radius 3 is 2.23 bits per heavy atom. The van der Waals surface area contributed by atoms with Gasteiger partial charge >= 0.3 is 12.1 Å². The van der Waals surface area contributed by atoms with E-state index in [-0.39, 0.29) is 0 Å². The zero-order valence-electron chi connectivity index (χ0n) is 7.11. The van der Waals surface area contributed by atoms with Crippen molar-refractivity contribution in [3.8, 4) is 0 Å². The predicted octanol–water partition coefficient (Wildman–Crippen LogP) is 1.23. The van der Waals surface area contributed by atoms with Crippen LogP contribution in [0.3, 0.4) is 0 Å². The van der Waals surface area contributed by atoms with Gasteiger partial charge in [0.15, 0.2) is 0 Å². The van der Waals surface area contributed by atoms with E-state index in [4.69, 9.17) is 0 Å². The second-order valence-electron chi connectivity index (χ2n) is 2.57. The molecule has 0 unspecified atom stereocenters. The number of primary amides is 1. The fourth-order valence-electron chi connectivity index (χ4n) is 0.840. The Balaban J connectivity index is 2.78. The summed E-state index contributed by atoms with van der Waals surface area (Å²) in [4.78, 5) is 21.3. The molecule has 0 saturated carbocycles. The van der Waals surface area contributed by atoms with Gasteiger partial charge in [0.2, 0.25) is 0 Å². The molecule has 0 aliphatic rings. The van der Waals surface area contributed by atoms with Gasteiger partial charge in [-0.05, 0) is 19.1 Å². The third-order valence-electron chi connectivity index (χ3n) is 1.48. The number of aryl methyl sites for hydroxylation is 1. The quantitative estimate of drug-likeness (QED) is 0.520. The summed E-state index contributed by atoms with van der Waals surface area (Å²) in [6.07, 6.45) is -1.09. The van der Waals surface area contributed by atoms with Crippen molar-refractivity contribution in [1.82, 2.24) is 0 Å². The summed E-state index contributed by atoms with van der Waals surface area (Å²) < 4.78 is 4.18. The van der Waals surface area contributed by atoms with Crippen LogP contribution in [0.5, 0.6) is 0 Å². The van der Waals surface area contributed by atoms with Crippen LogP contribution < -0.4 is 5.73 Å². The zero-order chi connectivity index (χ0) is 9.84. The van der Waals surface area contributed by atoms with Crippen LogP contribution in [0.4, 0.5) is 4.79 Å². The topological polar surface area (TPSA) is 69.4 Å². The third kappa shape index (κ3) is 2.59. The second-order valence-corrected chi connectivity index (χ2v) is 2.57. The van der Waals surface area contributed by atoms with Crippen molar-refractivity contribution >= 4 is 12.1 Å². The van der Waals surface area contributed by atoms with Gasteiger partial charge in [0.25, 0.3) is 0 Å². The van der Waals surface area contributed by atoms with Crippen molar-refractivity contribution in [2.45, 2.75) is 6.92 Å². The van der Waals surface area contributed by atoms with Gasteiger partial charge in [0.05, 0.1) is 5.56 Å². The monoisotopic (exact) mass is 179 g/mol. The molecular formula is C9H9NO3. The lowest BCUT2D eigenvalue weighted by Crippen LogP contribution is -2.18. The lowest BCUT2D eigenvalue weighted by molar-refractivity contribution is 0.0638. The minimum atomic E-state index is -1.09. The summed E-state index contributed by atoms with van der Waals surface area (Å²) >= 11 is 0. The van der Waals surface area contributed by atoms with Crippen molar-refractivity contribution < 1.29 is 14.3 Å². The van der Waals surface area contributed by atoms with E-state index in [0.717, 1.165) is 5.56 Å². The first kappa shape index (κ1) is 9.25. The number of hydrogen-bond donors (Lipinski definition) is 1. The van der Waals surface area contributed by atoms with Crippen LogP contribution in [0.25, 0.3) is 0 Å². The van der Waals surface area contributed by atoms with Gasteiger partial charge in [0.1, 0.15) is 0 Å². The molecule has 1 aromatic carbocycles. The molecular weight excluding hydrogens is 170 g/mol. The Bertz CT molecular complexity index is 329. The number of carbonyl (C=O) groups is 2. The Kier molecular flexibility index (Phi) is 2.64. The summed E-state index contributed by atoms with van der Waals surface area (Å²) in [5.74, 6) is -0.729. The van der Waals surface area contributed by atoms with Gasteiger partial charge in [-0.15, -0.1) is 0 Å². The molecule has 0 bridgehead atoms. The molecule has 2 N–H and O–H groups in total. The normalized spacial score (nSPS) is 9.31. The number of hydrogen-bond acceptors (Lipinski definition) is 3. The Labute approximate surface area is 75.3 Å². The summed E-state index contributed by atoms with van der Waals surface area (Å²) in [6.45, 7) is 1.89. The van der Waals surface area contributed by atoms with E-state index in [9.17, 15) is 9.59 Å². The van der Waals surface area contributed by atoms with Gasteiger partial charge in [-0.2, -0.15) is 0 Å². The Hall–Kier alpha value is -1.84. The van der Waals surface area contributed by atoms with E-state index >= 15 is 0 Å². The predicted molar refractivity (Wildman–Crippen MR) is 46.2 cm³/mol. The summed E-state index contributed by atoms with van der Waals surface area (Å²) in [7, 11) is 0. The highest BCUT2D eigenvalue weighted by molar-refractivity contribution is 5.95. The largest absolute Gasteiger partial charge is 0.412 e. The molecule has 0 heterocycles. The lowest BCUT2D eigenvalue weighted by atomic mass is 10.2. The molecule has 0 atom stereocenters. The van der Waals surface area contributed by atoms with E-state index < -0.39 is 12.1 Å². The number of ether oxygens (including phenoxy) is 1. The summed E-state index contributed by atoms with van der Waals surface area (Å²) in [5, 5.41) is 0. The first-order valence-corrected chi connectivity index (χ1v) is 3.68. The fraction of sp³-hybridized carbons (Fsp3) is 0.111. The highest BCUT2D eigenvalue weighted by Crippen LogP contribution is 2.04. The van der Waals surface area contributed by atoms with Gasteiger partial charge < -0.3 is 10.5 Å². The molecule has 0 fully saturated rings. The van der Waals surface area contributed by atoms with Crippen molar-refractivity contribution in [1.29, 1.82) is 0 Å². The fourth-order valence-corrected chi connectivity index (χ4v) is 0.840. The van der Waals surface area contributed by atoms with Gasteiger partial charge in [-0.1, -0.05) is 17.7 Å². The highest BCUT2D eigenvalue weighted by Gasteiger charge is 2.08. The minimum absolute atomic E-state index is 0.310. The molecule has 4 heteroatoms. The minimum Gasteiger partial charge on any atom is -0.373 e. The average Bonchev–Trinajstić information content (AvgIpc) is 2.04. The number of rotatable bonds is 1. The molecule has 4 nitrogen and oxygen atoms in total. The number of esters is 1. The van der Waals surface area contributed by atoms with E-state index in [1.165, 1.54) is 0 Å². The van der Waals surface area contributed by atoms with Crippen molar-refractivity contribution in [3.05, 3.63) is 35.4 Å². The van der Waals surface area contributed by atoms with E-state index in [1.54, 1.807) is 24.3 Å². The Morgan fingerprint density at radius 1 is 1.23 bits per heavy atom.